The summed E-state index contributed by atoms with van der Waals surface area (Å²) in [6, 6.07) is 4.11. The molecule has 0 fully saturated rings. The van der Waals surface area contributed by atoms with E-state index >= 15 is 0 Å². The number of nitrogen functional groups attached to an aromatic ring is 1. The largest absolute Gasteiger partial charge is 0.459 e. The third kappa shape index (κ3) is 5.16. The van der Waals surface area contributed by atoms with Gasteiger partial charge in [-0.1, -0.05) is 12.1 Å². The molecule has 5 nitrogen and oxygen atoms in total. The van der Waals surface area contributed by atoms with E-state index < -0.39 is 38.7 Å². The lowest BCUT2D eigenvalue weighted by Crippen LogP contribution is -2.29. The van der Waals surface area contributed by atoms with Crippen LogP contribution in [-0.4, -0.2) is 25.7 Å². The quantitative estimate of drug-likeness (QED) is 0.675. The van der Waals surface area contributed by atoms with E-state index in [0.717, 1.165) is 0 Å². The fourth-order valence-electron chi connectivity index (χ4n) is 1.55. The number of anilines is 1. The SMILES string of the molecule is CC(C)(C)OC(=O)CS(=O)(=O)Cc1cccc(N)c1F. The highest BCUT2D eigenvalue weighted by atomic mass is 32.2. The van der Waals surface area contributed by atoms with Gasteiger partial charge in [-0.25, -0.2) is 12.8 Å². The van der Waals surface area contributed by atoms with Crippen molar-refractivity contribution >= 4 is 21.5 Å². The molecular weight excluding hydrogens is 285 g/mol. The maximum absolute atomic E-state index is 13.6. The standard InChI is InChI=1S/C13H18FNO4S/c1-13(2,3)19-11(16)8-20(17,18)7-9-5-4-6-10(15)12(9)14/h4-6H,7-8,15H2,1-3H3. The maximum atomic E-state index is 13.6. The van der Waals surface area contributed by atoms with Crippen LogP contribution < -0.4 is 5.73 Å². The van der Waals surface area contributed by atoms with E-state index in [1.54, 1.807) is 20.8 Å². The minimum Gasteiger partial charge on any atom is -0.459 e. The van der Waals surface area contributed by atoms with Gasteiger partial charge in [0.1, 0.15) is 17.2 Å². The van der Waals surface area contributed by atoms with E-state index in [1.807, 2.05) is 0 Å². The molecule has 0 atom stereocenters. The van der Waals surface area contributed by atoms with E-state index in [1.165, 1.54) is 18.2 Å². The van der Waals surface area contributed by atoms with Crippen molar-refractivity contribution in [3.05, 3.63) is 29.6 Å². The van der Waals surface area contributed by atoms with Crippen molar-refractivity contribution in [3.8, 4) is 0 Å². The van der Waals surface area contributed by atoms with Crippen LogP contribution in [0.15, 0.2) is 18.2 Å². The number of sulfone groups is 1. The van der Waals surface area contributed by atoms with Crippen LogP contribution in [0.5, 0.6) is 0 Å². The lowest BCUT2D eigenvalue weighted by atomic mass is 10.2. The molecule has 2 N–H and O–H groups in total. The summed E-state index contributed by atoms with van der Waals surface area (Å²) in [6.07, 6.45) is 0. The number of nitrogens with two attached hydrogens (primary N) is 1. The van der Waals surface area contributed by atoms with Gasteiger partial charge in [0.2, 0.25) is 0 Å². The molecule has 0 radical (unpaired) electrons. The van der Waals surface area contributed by atoms with E-state index in [2.05, 4.69) is 0 Å². The summed E-state index contributed by atoms with van der Waals surface area (Å²) in [4.78, 5) is 11.5. The van der Waals surface area contributed by atoms with Crippen LogP contribution in [0.1, 0.15) is 26.3 Å². The molecule has 0 bridgehead atoms. The smallest absolute Gasteiger partial charge is 0.321 e. The summed E-state index contributed by atoms with van der Waals surface area (Å²) < 4.78 is 42.3. The molecule has 0 aliphatic heterocycles. The second-order valence-electron chi connectivity index (χ2n) is 5.44. The molecule has 20 heavy (non-hydrogen) atoms. The Bertz CT molecular complexity index is 605. The summed E-state index contributed by atoms with van der Waals surface area (Å²) in [5.74, 6) is -3.02. The second-order valence-corrected chi connectivity index (χ2v) is 7.50. The number of halogens is 1. The van der Waals surface area contributed by atoms with Crippen LogP contribution in [0.3, 0.4) is 0 Å². The van der Waals surface area contributed by atoms with Crippen LogP contribution in [0, 0.1) is 5.82 Å². The van der Waals surface area contributed by atoms with Crippen LogP contribution in [-0.2, 0) is 25.1 Å². The molecule has 0 saturated carbocycles. The number of esters is 1. The molecule has 1 aromatic rings. The molecular formula is C13H18FNO4S. The Balaban J connectivity index is 2.81. The number of carbonyl (C=O) groups is 1. The van der Waals surface area contributed by atoms with E-state index in [-0.39, 0.29) is 11.3 Å². The average molecular weight is 303 g/mol. The summed E-state index contributed by atoms with van der Waals surface area (Å²) in [5, 5.41) is 0. The third-order valence-corrected chi connectivity index (χ3v) is 3.67. The number of ether oxygens (including phenoxy) is 1. The van der Waals surface area contributed by atoms with Crippen LogP contribution in [0.25, 0.3) is 0 Å². The van der Waals surface area contributed by atoms with Gasteiger partial charge in [-0.15, -0.1) is 0 Å². The first-order valence-electron chi connectivity index (χ1n) is 5.95. The van der Waals surface area contributed by atoms with Crippen LogP contribution >= 0.6 is 0 Å². The molecule has 0 aromatic heterocycles. The first kappa shape index (κ1) is 16.4. The van der Waals surface area contributed by atoms with Gasteiger partial charge in [0.05, 0.1) is 11.4 Å². The minimum absolute atomic E-state index is 0.0615. The van der Waals surface area contributed by atoms with Crippen molar-refractivity contribution in [2.24, 2.45) is 0 Å². The van der Waals surface area contributed by atoms with E-state index in [0.29, 0.717) is 0 Å². The van der Waals surface area contributed by atoms with Crippen molar-refractivity contribution in [3.63, 3.8) is 0 Å². The highest BCUT2D eigenvalue weighted by molar-refractivity contribution is 7.91. The number of hydrogen-bond donors (Lipinski definition) is 1. The monoisotopic (exact) mass is 303 g/mol. The first-order chi connectivity index (χ1) is 9.00. The molecule has 0 aliphatic carbocycles. The highest BCUT2D eigenvalue weighted by Crippen LogP contribution is 2.18. The van der Waals surface area contributed by atoms with Gasteiger partial charge in [0.25, 0.3) is 0 Å². The zero-order valence-electron chi connectivity index (χ0n) is 11.6. The molecule has 0 saturated heterocycles. The number of rotatable bonds is 4. The summed E-state index contributed by atoms with van der Waals surface area (Å²) in [5.41, 5.74) is 4.40. The van der Waals surface area contributed by atoms with Crippen molar-refractivity contribution in [2.45, 2.75) is 32.1 Å². The lowest BCUT2D eigenvalue weighted by molar-refractivity contribution is -0.151. The summed E-state index contributed by atoms with van der Waals surface area (Å²) in [6.45, 7) is 4.90. The molecule has 0 spiro atoms. The molecule has 1 aromatic carbocycles. The van der Waals surface area contributed by atoms with Gasteiger partial charge in [-0.2, -0.15) is 0 Å². The van der Waals surface area contributed by atoms with E-state index in [4.69, 9.17) is 10.5 Å². The van der Waals surface area contributed by atoms with Gasteiger partial charge in [-0.05, 0) is 26.8 Å². The van der Waals surface area contributed by atoms with Crippen molar-refractivity contribution in [1.29, 1.82) is 0 Å². The predicted octanol–water partition coefficient (Wildman–Crippen LogP) is 1.66. The Morgan fingerprint density at radius 3 is 2.50 bits per heavy atom. The number of hydrogen-bond acceptors (Lipinski definition) is 5. The zero-order valence-corrected chi connectivity index (χ0v) is 12.5. The van der Waals surface area contributed by atoms with Gasteiger partial charge in [-0.3, -0.25) is 4.79 Å². The Morgan fingerprint density at radius 2 is 1.95 bits per heavy atom. The molecule has 1 rings (SSSR count). The average Bonchev–Trinajstić information content (AvgIpc) is 2.20. The van der Waals surface area contributed by atoms with Crippen LogP contribution in [0.4, 0.5) is 10.1 Å². The molecule has 7 heteroatoms. The molecule has 0 amide bonds. The Hall–Kier alpha value is -1.63. The Labute approximate surface area is 117 Å². The van der Waals surface area contributed by atoms with Crippen molar-refractivity contribution in [1.82, 2.24) is 0 Å². The fraction of sp³-hybridized carbons (Fsp3) is 0.462. The summed E-state index contributed by atoms with van der Waals surface area (Å²) >= 11 is 0. The second kappa shape index (κ2) is 5.78. The molecule has 112 valence electrons. The zero-order chi connectivity index (χ0) is 15.6. The van der Waals surface area contributed by atoms with E-state index in [9.17, 15) is 17.6 Å². The van der Waals surface area contributed by atoms with Gasteiger partial charge in [0.15, 0.2) is 9.84 Å². The van der Waals surface area contributed by atoms with Gasteiger partial charge >= 0.3 is 5.97 Å². The highest BCUT2D eigenvalue weighted by Gasteiger charge is 2.24. The molecule has 0 aliphatic rings. The van der Waals surface area contributed by atoms with Crippen molar-refractivity contribution < 1.29 is 22.3 Å². The number of benzene rings is 1. The van der Waals surface area contributed by atoms with Crippen LogP contribution in [0.2, 0.25) is 0 Å². The lowest BCUT2D eigenvalue weighted by Gasteiger charge is -2.19. The topological polar surface area (TPSA) is 86.5 Å². The maximum Gasteiger partial charge on any atom is 0.321 e. The molecule has 0 heterocycles. The van der Waals surface area contributed by atoms with Gasteiger partial charge < -0.3 is 10.5 Å². The Morgan fingerprint density at radius 1 is 1.35 bits per heavy atom. The normalized spacial score (nSPS) is 12.2. The first-order valence-corrected chi connectivity index (χ1v) is 7.77. The Kier molecular flexibility index (Phi) is 4.75. The summed E-state index contributed by atoms with van der Waals surface area (Å²) in [7, 11) is -3.82. The fourth-order valence-corrected chi connectivity index (χ4v) is 2.77. The number of carbonyl (C=O) groups excluding carboxylic acids is 1. The predicted molar refractivity (Wildman–Crippen MR) is 74.1 cm³/mol. The third-order valence-electron chi connectivity index (χ3n) is 2.24. The van der Waals surface area contributed by atoms with Gasteiger partial charge in [0, 0.05) is 5.56 Å². The minimum atomic E-state index is -3.82. The molecule has 0 unspecified atom stereocenters. The van der Waals surface area contributed by atoms with Crippen molar-refractivity contribution in [2.75, 3.05) is 11.5 Å².